The minimum absolute atomic E-state index is 0.0466. The van der Waals surface area contributed by atoms with Crippen LogP contribution < -0.4 is 9.75 Å². The molecule has 0 radical (unpaired) electrons. The second kappa shape index (κ2) is 7.33. The number of phenols is 1. The summed E-state index contributed by atoms with van der Waals surface area (Å²) in [6, 6.07) is 10.9. The van der Waals surface area contributed by atoms with Gasteiger partial charge in [-0.1, -0.05) is 33.6 Å². The van der Waals surface area contributed by atoms with Crippen LogP contribution in [0.5, 0.6) is 11.5 Å². The van der Waals surface area contributed by atoms with Crippen molar-refractivity contribution in [1.29, 1.82) is 0 Å². The van der Waals surface area contributed by atoms with Crippen LogP contribution in [0.3, 0.4) is 0 Å². The molecule has 0 unspecified atom stereocenters. The van der Waals surface area contributed by atoms with Gasteiger partial charge in [-0.25, -0.2) is 0 Å². The molecule has 1 amide bonds. The fourth-order valence-electron chi connectivity index (χ4n) is 2.64. The number of aryl methyl sites for hydroxylation is 1. The number of hydrogen-bond donors (Lipinski definition) is 1. The van der Waals surface area contributed by atoms with Gasteiger partial charge < -0.3 is 9.84 Å². The number of carbonyl (C=O) groups is 1. The van der Waals surface area contributed by atoms with Crippen molar-refractivity contribution in [3.8, 4) is 11.5 Å². The van der Waals surface area contributed by atoms with E-state index in [9.17, 15) is 9.90 Å². The van der Waals surface area contributed by atoms with Gasteiger partial charge in [-0.2, -0.15) is 10.1 Å². The van der Waals surface area contributed by atoms with E-state index in [-0.39, 0.29) is 11.7 Å². The van der Waals surface area contributed by atoms with E-state index in [1.165, 1.54) is 5.01 Å². The predicted molar refractivity (Wildman–Crippen MR) is 107 cm³/mol. The molecule has 0 spiro atoms. The van der Waals surface area contributed by atoms with E-state index in [1.54, 1.807) is 25.1 Å². The summed E-state index contributed by atoms with van der Waals surface area (Å²) in [6.07, 6.45) is 1.75. The maximum absolute atomic E-state index is 12.8. The molecule has 1 N–H and O–H groups in total. The van der Waals surface area contributed by atoms with Gasteiger partial charge >= 0.3 is 0 Å². The molecule has 0 saturated carbocycles. The lowest BCUT2D eigenvalue weighted by Crippen LogP contribution is -2.21. The van der Waals surface area contributed by atoms with E-state index in [1.807, 2.05) is 38.1 Å². The third-order valence-corrected chi connectivity index (χ3v) is 4.71. The largest absolute Gasteiger partial charge is 0.504 e. The van der Waals surface area contributed by atoms with Crippen molar-refractivity contribution in [2.24, 2.45) is 5.10 Å². The van der Waals surface area contributed by atoms with Crippen LogP contribution in [0.2, 0.25) is 0 Å². The fourth-order valence-corrected chi connectivity index (χ4v) is 3.09. The van der Waals surface area contributed by atoms with Crippen molar-refractivity contribution in [3.05, 3.63) is 57.6 Å². The average Bonchev–Trinajstić information content (AvgIpc) is 2.88. The van der Waals surface area contributed by atoms with Gasteiger partial charge in [-0.05, 0) is 56.7 Å². The van der Waals surface area contributed by atoms with Crippen LogP contribution >= 0.6 is 15.9 Å². The number of halogens is 1. The molecule has 134 valence electrons. The van der Waals surface area contributed by atoms with Gasteiger partial charge in [0.1, 0.15) is 0 Å². The molecule has 3 rings (SSSR count). The lowest BCUT2D eigenvalue weighted by molar-refractivity contribution is -0.114. The number of benzene rings is 2. The van der Waals surface area contributed by atoms with Gasteiger partial charge in [0.05, 0.1) is 23.6 Å². The molecule has 2 aromatic carbocycles. The third kappa shape index (κ3) is 3.51. The normalized spacial score (nSPS) is 15.5. The van der Waals surface area contributed by atoms with Gasteiger partial charge in [-0.15, -0.1) is 0 Å². The molecule has 1 aliphatic heterocycles. The smallest absolute Gasteiger partial charge is 0.280 e. The molecule has 5 nitrogen and oxygen atoms in total. The summed E-state index contributed by atoms with van der Waals surface area (Å²) < 4.78 is 6.09. The maximum atomic E-state index is 12.8. The Bertz CT molecular complexity index is 917. The number of nitrogens with zero attached hydrogens (tertiary/aromatic N) is 2. The molecule has 0 fully saturated rings. The predicted octanol–water partition coefficient (Wildman–Crippen LogP) is 4.67. The monoisotopic (exact) mass is 414 g/mol. The molecule has 1 aliphatic rings. The van der Waals surface area contributed by atoms with Gasteiger partial charge in [0.2, 0.25) is 0 Å². The molecule has 26 heavy (non-hydrogen) atoms. The highest BCUT2D eigenvalue weighted by atomic mass is 79.9. The van der Waals surface area contributed by atoms with E-state index >= 15 is 0 Å². The zero-order chi connectivity index (χ0) is 18.8. The summed E-state index contributed by atoms with van der Waals surface area (Å²) in [7, 11) is 0. The summed E-state index contributed by atoms with van der Waals surface area (Å²) in [4.78, 5) is 12.8. The van der Waals surface area contributed by atoms with Crippen LogP contribution in [-0.4, -0.2) is 23.3 Å². The molecule has 0 aromatic heterocycles. The number of rotatable bonds is 4. The Morgan fingerprint density at radius 2 is 1.92 bits per heavy atom. The summed E-state index contributed by atoms with van der Waals surface area (Å²) in [5.74, 6) is 0.229. The number of ether oxygens (including phenoxy) is 1. The van der Waals surface area contributed by atoms with Gasteiger partial charge in [0.15, 0.2) is 11.5 Å². The first-order valence-electron chi connectivity index (χ1n) is 8.24. The van der Waals surface area contributed by atoms with Crippen LogP contribution in [0.15, 0.2) is 51.5 Å². The number of aromatic hydroxyl groups is 1. The van der Waals surface area contributed by atoms with E-state index in [2.05, 4.69) is 21.0 Å². The quantitative estimate of drug-likeness (QED) is 0.739. The van der Waals surface area contributed by atoms with Crippen molar-refractivity contribution in [3.63, 3.8) is 0 Å². The second-order valence-corrected chi connectivity index (χ2v) is 6.82. The highest BCUT2D eigenvalue weighted by Gasteiger charge is 2.29. The molecule has 0 saturated heterocycles. The molecule has 2 aromatic rings. The Morgan fingerprint density at radius 1 is 1.23 bits per heavy atom. The molecule has 1 heterocycles. The van der Waals surface area contributed by atoms with Gasteiger partial charge in [0, 0.05) is 4.47 Å². The topological polar surface area (TPSA) is 62.1 Å². The SMILES string of the molecule is CCOc1cc(/C=C2\C(=O)N(c3ccc(C)cc3)N=C2C)c(Br)cc1O. The number of anilines is 1. The van der Waals surface area contributed by atoms with Crippen molar-refractivity contribution < 1.29 is 14.6 Å². The zero-order valence-corrected chi connectivity index (χ0v) is 16.4. The molecular weight excluding hydrogens is 396 g/mol. The maximum Gasteiger partial charge on any atom is 0.280 e. The Balaban J connectivity index is 1.97. The summed E-state index contributed by atoms with van der Waals surface area (Å²) in [6.45, 7) is 6.08. The molecule has 6 heteroatoms. The van der Waals surface area contributed by atoms with Crippen LogP contribution in [0.4, 0.5) is 5.69 Å². The number of hydrogen-bond acceptors (Lipinski definition) is 4. The lowest BCUT2D eigenvalue weighted by atomic mass is 10.1. The number of hydrazone groups is 1. The van der Waals surface area contributed by atoms with Gasteiger partial charge in [-0.3, -0.25) is 4.79 Å². The molecular formula is C20H19BrN2O3. The number of carbonyl (C=O) groups excluding carboxylic acids is 1. The standard InChI is InChI=1S/C20H19BrN2O3/c1-4-26-19-10-14(17(21)11-18(19)24)9-16-13(3)22-23(20(16)25)15-7-5-12(2)6-8-15/h5-11,24H,4H2,1-3H3/b16-9-. The fraction of sp³-hybridized carbons (Fsp3) is 0.200. The minimum Gasteiger partial charge on any atom is -0.504 e. The van der Waals surface area contributed by atoms with Gasteiger partial charge in [0.25, 0.3) is 5.91 Å². The van der Waals surface area contributed by atoms with E-state index in [0.717, 1.165) is 16.8 Å². The first-order valence-corrected chi connectivity index (χ1v) is 9.03. The number of amides is 1. The summed E-state index contributed by atoms with van der Waals surface area (Å²) >= 11 is 3.42. The molecule has 0 aliphatic carbocycles. The minimum atomic E-state index is -0.190. The Labute approximate surface area is 160 Å². The van der Waals surface area contributed by atoms with E-state index in [4.69, 9.17) is 4.74 Å². The van der Waals surface area contributed by atoms with Crippen LogP contribution in [0, 0.1) is 6.92 Å². The van der Waals surface area contributed by atoms with Crippen molar-refractivity contribution >= 4 is 39.3 Å². The van der Waals surface area contributed by atoms with Crippen LogP contribution in [-0.2, 0) is 4.79 Å². The Morgan fingerprint density at radius 3 is 2.58 bits per heavy atom. The first kappa shape index (κ1) is 18.2. The Kier molecular flexibility index (Phi) is 5.13. The summed E-state index contributed by atoms with van der Waals surface area (Å²) in [5.41, 5.74) is 3.71. The average molecular weight is 415 g/mol. The molecule has 0 bridgehead atoms. The van der Waals surface area contributed by atoms with E-state index in [0.29, 0.717) is 28.1 Å². The van der Waals surface area contributed by atoms with E-state index < -0.39 is 0 Å². The molecule has 0 atom stereocenters. The van der Waals surface area contributed by atoms with Crippen molar-refractivity contribution in [1.82, 2.24) is 0 Å². The second-order valence-electron chi connectivity index (χ2n) is 5.97. The van der Waals surface area contributed by atoms with Crippen LogP contribution in [0.25, 0.3) is 6.08 Å². The zero-order valence-electron chi connectivity index (χ0n) is 14.8. The van der Waals surface area contributed by atoms with Crippen molar-refractivity contribution in [2.75, 3.05) is 11.6 Å². The van der Waals surface area contributed by atoms with Crippen LogP contribution in [0.1, 0.15) is 25.0 Å². The van der Waals surface area contributed by atoms with Crippen molar-refractivity contribution in [2.45, 2.75) is 20.8 Å². The highest BCUT2D eigenvalue weighted by molar-refractivity contribution is 9.10. The highest BCUT2D eigenvalue weighted by Crippen LogP contribution is 2.35. The number of phenolic OH excluding ortho intramolecular Hbond substituents is 1. The lowest BCUT2D eigenvalue weighted by Gasteiger charge is -2.12. The summed E-state index contributed by atoms with van der Waals surface area (Å²) in [5, 5.41) is 15.7. The first-order chi connectivity index (χ1) is 12.4. The third-order valence-electron chi connectivity index (χ3n) is 4.02. The Hall–Kier alpha value is -2.60.